The first kappa shape index (κ1) is 12.5. The monoisotopic (exact) mass is 295 g/mol. The molecule has 7 nitrogen and oxygen atoms in total. The fourth-order valence-electron chi connectivity index (χ4n) is 2.74. The number of nitro benzene ring substituents is 1. The molecule has 0 radical (unpaired) electrons. The van der Waals surface area contributed by atoms with Crippen LogP contribution < -0.4 is 4.57 Å². The van der Waals surface area contributed by atoms with Crippen LogP contribution in [0.4, 0.5) is 5.69 Å². The van der Waals surface area contributed by atoms with Gasteiger partial charge in [-0.3, -0.25) is 10.1 Å². The number of H-pyrrole nitrogens is 1. The first-order chi connectivity index (χ1) is 10.5. The Labute approximate surface area is 123 Å². The van der Waals surface area contributed by atoms with Crippen LogP contribution in [0, 0.1) is 10.1 Å². The quantitative estimate of drug-likeness (QED) is 0.320. The van der Waals surface area contributed by atoms with Crippen molar-refractivity contribution in [3.8, 4) is 5.75 Å². The lowest BCUT2D eigenvalue weighted by molar-refractivity contribution is -0.619. The number of phenols is 1. The van der Waals surface area contributed by atoms with Gasteiger partial charge in [0.15, 0.2) is 11.0 Å². The van der Waals surface area contributed by atoms with Gasteiger partial charge in [0, 0.05) is 18.2 Å². The second-order valence-electron chi connectivity index (χ2n) is 5.15. The molecule has 2 aromatic heterocycles. The van der Waals surface area contributed by atoms with Crippen molar-refractivity contribution in [2.45, 2.75) is 0 Å². The van der Waals surface area contributed by atoms with Crippen LogP contribution in [-0.2, 0) is 7.05 Å². The summed E-state index contributed by atoms with van der Waals surface area (Å²) in [6.45, 7) is 0. The van der Waals surface area contributed by atoms with Crippen molar-refractivity contribution in [1.82, 2.24) is 9.97 Å². The van der Waals surface area contributed by atoms with E-state index in [0.29, 0.717) is 16.4 Å². The average Bonchev–Trinajstić information content (AvgIpc) is 2.86. The van der Waals surface area contributed by atoms with Crippen molar-refractivity contribution >= 4 is 38.8 Å². The van der Waals surface area contributed by atoms with Crippen molar-refractivity contribution in [2.75, 3.05) is 0 Å². The first-order valence-electron chi connectivity index (χ1n) is 6.63. The van der Waals surface area contributed by atoms with Crippen molar-refractivity contribution < 1.29 is 14.6 Å². The maximum atomic E-state index is 11.0. The van der Waals surface area contributed by atoms with E-state index in [2.05, 4.69) is 9.97 Å². The van der Waals surface area contributed by atoms with E-state index in [4.69, 9.17) is 0 Å². The molecular formula is C15H11N4O3+. The summed E-state index contributed by atoms with van der Waals surface area (Å²) >= 11 is 0. The van der Waals surface area contributed by atoms with Gasteiger partial charge in [0.25, 0.3) is 5.69 Å². The summed E-state index contributed by atoms with van der Waals surface area (Å²) in [6, 6.07) is 9.59. The number of aromatic hydroxyl groups is 1. The Bertz CT molecular complexity index is 1080. The Morgan fingerprint density at radius 3 is 2.86 bits per heavy atom. The molecular weight excluding hydrogens is 284 g/mol. The molecule has 0 fully saturated rings. The molecule has 0 saturated heterocycles. The van der Waals surface area contributed by atoms with Crippen LogP contribution in [0.5, 0.6) is 5.75 Å². The summed E-state index contributed by atoms with van der Waals surface area (Å²) in [6.07, 6.45) is 0. The number of aryl methyl sites for hydroxylation is 1. The maximum Gasteiger partial charge on any atom is 0.306 e. The summed E-state index contributed by atoms with van der Waals surface area (Å²) in [4.78, 5) is 18.3. The summed E-state index contributed by atoms with van der Waals surface area (Å²) < 4.78 is 1.88. The minimum Gasteiger partial charge on any atom is -0.508 e. The van der Waals surface area contributed by atoms with Gasteiger partial charge in [0.1, 0.15) is 16.8 Å². The van der Waals surface area contributed by atoms with Crippen molar-refractivity contribution in [2.24, 2.45) is 7.05 Å². The second-order valence-corrected chi connectivity index (χ2v) is 5.15. The highest BCUT2D eigenvalue weighted by atomic mass is 16.6. The Morgan fingerprint density at radius 2 is 2.09 bits per heavy atom. The molecule has 0 aliphatic heterocycles. The van der Waals surface area contributed by atoms with Crippen LogP contribution in [-0.4, -0.2) is 20.0 Å². The highest BCUT2D eigenvalue weighted by molar-refractivity contribution is 6.04. The maximum absolute atomic E-state index is 11.0. The summed E-state index contributed by atoms with van der Waals surface area (Å²) in [5.41, 5.74) is 3.70. The number of hydrogen-bond donors (Lipinski definition) is 2. The smallest absolute Gasteiger partial charge is 0.306 e. The minimum atomic E-state index is -0.419. The molecule has 0 spiro atoms. The van der Waals surface area contributed by atoms with E-state index in [9.17, 15) is 15.2 Å². The van der Waals surface area contributed by atoms with Gasteiger partial charge in [-0.15, -0.1) is 0 Å². The number of non-ortho nitro benzene ring substituents is 1. The van der Waals surface area contributed by atoms with Gasteiger partial charge in [0.2, 0.25) is 0 Å². The number of fused-ring (bicyclic) bond motifs is 4. The number of hydrogen-bond acceptors (Lipinski definition) is 4. The molecule has 0 amide bonds. The predicted molar refractivity (Wildman–Crippen MR) is 80.6 cm³/mol. The molecule has 2 heterocycles. The molecule has 0 bridgehead atoms. The van der Waals surface area contributed by atoms with Crippen LogP contribution in [0.15, 0.2) is 36.4 Å². The number of aromatic amines is 1. The van der Waals surface area contributed by atoms with Crippen LogP contribution in [0.1, 0.15) is 0 Å². The second kappa shape index (κ2) is 4.14. The Kier molecular flexibility index (Phi) is 2.35. The number of nitro groups is 1. The number of nitrogens with one attached hydrogen (secondary N) is 1. The standard InChI is InChI=1S/C15H10N4O3/c1-18-13-7-9(20)3-5-12(13)16-14-10-6-8(19(21)22)2-4-11(10)17-15(14)18/h2-7H,1H3,(H,17,20)/p+1. The number of rotatable bonds is 1. The van der Waals surface area contributed by atoms with Gasteiger partial charge < -0.3 is 5.11 Å². The molecule has 22 heavy (non-hydrogen) atoms. The largest absolute Gasteiger partial charge is 0.508 e. The minimum absolute atomic E-state index is 0.0312. The van der Waals surface area contributed by atoms with E-state index in [0.717, 1.165) is 16.7 Å². The Morgan fingerprint density at radius 1 is 1.27 bits per heavy atom. The lowest BCUT2D eigenvalue weighted by atomic mass is 10.2. The van der Waals surface area contributed by atoms with Crippen LogP contribution in [0.3, 0.4) is 0 Å². The molecule has 7 heteroatoms. The van der Waals surface area contributed by atoms with Gasteiger partial charge in [-0.25, -0.2) is 14.5 Å². The lowest BCUT2D eigenvalue weighted by Gasteiger charge is -2.01. The zero-order valence-corrected chi connectivity index (χ0v) is 11.6. The SMILES string of the molecule is C[n+]1c2cc(O)ccc2nc2c3cc([N+](=O)[O-])ccc3[nH]c21. The molecule has 0 unspecified atom stereocenters. The molecule has 0 aliphatic carbocycles. The third-order valence-electron chi connectivity index (χ3n) is 3.83. The lowest BCUT2D eigenvalue weighted by Crippen LogP contribution is -2.30. The summed E-state index contributed by atoms with van der Waals surface area (Å²) in [5, 5.41) is 21.3. The van der Waals surface area contributed by atoms with Crippen LogP contribution in [0.2, 0.25) is 0 Å². The van der Waals surface area contributed by atoms with E-state index in [1.807, 2.05) is 11.6 Å². The number of benzene rings is 2. The van der Waals surface area contributed by atoms with E-state index < -0.39 is 4.92 Å². The van der Waals surface area contributed by atoms with Gasteiger partial charge in [-0.2, -0.15) is 0 Å². The van der Waals surface area contributed by atoms with Crippen molar-refractivity contribution in [3.05, 3.63) is 46.5 Å². The van der Waals surface area contributed by atoms with Crippen LogP contribution >= 0.6 is 0 Å². The average molecular weight is 295 g/mol. The highest BCUT2D eigenvalue weighted by Crippen LogP contribution is 2.27. The zero-order valence-electron chi connectivity index (χ0n) is 11.6. The molecule has 2 aromatic carbocycles. The van der Waals surface area contributed by atoms with Gasteiger partial charge in [-0.05, 0) is 18.2 Å². The van der Waals surface area contributed by atoms with E-state index in [1.54, 1.807) is 24.3 Å². The van der Waals surface area contributed by atoms with Gasteiger partial charge in [-0.1, -0.05) is 0 Å². The molecule has 108 valence electrons. The molecule has 2 N–H and O–H groups in total. The van der Waals surface area contributed by atoms with Gasteiger partial charge in [0.05, 0.1) is 17.4 Å². The molecule has 0 aliphatic rings. The van der Waals surface area contributed by atoms with E-state index >= 15 is 0 Å². The molecule has 0 saturated carbocycles. The number of phenolic OH excluding ortho intramolecular Hbond substituents is 1. The van der Waals surface area contributed by atoms with Crippen molar-refractivity contribution in [3.63, 3.8) is 0 Å². The number of nitrogens with zero attached hydrogens (tertiary/aromatic N) is 3. The normalized spacial score (nSPS) is 11.5. The predicted octanol–water partition coefficient (Wildman–Crippen LogP) is 2.31. The molecule has 4 rings (SSSR count). The fraction of sp³-hybridized carbons (Fsp3) is 0.0667. The third-order valence-corrected chi connectivity index (χ3v) is 3.83. The third kappa shape index (κ3) is 1.62. The molecule has 4 aromatic rings. The summed E-state index contributed by atoms with van der Waals surface area (Å²) in [7, 11) is 1.86. The topological polar surface area (TPSA) is 95.9 Å². The molecule has 0 atom stereocenters. The zero-order chi connectivity index (χ0) is 15.4. The van der Waals surface area contributed by atoms with Crippen molar-refractivity contribution in [1.29, 1.82) is 0 Å². The van der Waals surface area contributed by atoms with Crippen LogP contribution in [0.25, 0.3) is 33.1 Å². The van der Waals surface area contributed by atoms with E-state index in [1.165, 1.54) is 12.1 Å². The summed E-state index contributed by atoms with van der Waals surface area (Å²) in [5.74, 6) is 0.163. The fourth-order valence-corrected chi connectivity index (χ4v) is 2.74. The number of aromatic nitrogens is 3. The highest BCUT2D eigenvalue weighted by Gasteiger charge is 2.20. The Balaban J connectivity index is 2.19. The van der Waals surface area contributed by atoms with E-state index in [-0.39, 0.29) is 11.4 Å². The Hall–Kier alpha value is -3.22. The van der Waals surface area contributed by atoms with Gasteiger partial charge >= 0.3 is 5.65 Å². The first-order valence-corrected chi connectivity index (χ1v) is 6.63.